The molecule has 0 bridgehead atoms. The van der Waals surface area contributed by atoms with E-state index in [9.17, 15) is 4.79 Å². The standard InChI is InChI=1S/C17H17Cl2N3OS2/c1-21(2)8-9-22(15(23)10-11-6-7-14(19)24-11)17-20-16-12(18)4-3-5-13(16)25-17/h3-7H,8-10H2,1-2H3. The largest absolute Gasteiger partial charge is 0.308 e. The molecule has 2 aromatic heterocycles. The van der Waals surface area contributed by atoms with E-state index in [1.165, 1.54) is 22.7 Å². The first-order valence-electron chi connectivity index (χ1n) is 7.68. The summed E-state index contributed by atoms with van der Waals surface area (Å²) >= 11 is 15.1. The average Bonchev–Trinajstić information content (AvgIpc) is 3.14. The molecule has 2 heterocycles. The number of hydrogen-bond donors (Lipinski definition) is 0. The fourth-order valence-corrected chi connectivity index (χ4v) is 4.72. The molecule has 0 saturated heterocycles. The SMILES string of the molecule is CN(C)CCN(C(=O)Cc1ccc(Cl)s1)c1nc2c(Cl)cccc2s1. The summed E-state index contributed by atoms with van der Waals surface area (Å²) in [5.74, 6) is 0.00976. The minimum Gasteiger partial charge on any atom is -0.308 e. The summed E-state index contributed by atoms with van der Waals surface area (Å²) in [7, 11) is 3.97. The number of likely N-dealkylation sites (N-methyl/N-ethyl adjacent to an activating group) is 1. The minimum absolute atomic E-state index is 0.00976. The van der Waals surface area contributed by atoms with Crippen LogP contribution >= 0.6 is 45.9 Å². The van der Waals surface area contributed by atoms with Gasteiger partial charge in [0.15, 0.2) is 5.13 Å². The van der Waals surface area contributed by atoms with Crippen LogP contribution in [0.4, 0.5) is 5.13 Å². The summed E-state index contributed by atoms with van der Waals surface area (Å²) in [5, 5.41) is 1.28. The number of carbonyl (C=O) groups excluding carboxylic acids is 1. The second-order valence-corrected chi connectivity index (χ2v) is 9.03. The molecular weight excluding hydrogens is 397 g/mol. The Balaban J connectivity index is 1.89. The van der Waals surface area contributed by atoms with Crippen LogP contribution in [0.3, 0.4) is 0 Å². The zero-order valence-corrected chi connectivity index (χ0v) is 17.0. The number of carbonyl (C=O) groups is 1. The number of thiazole rings is 1. The van der Waals surface area contributed by atoms with Crippen molar-refractivity contribution in [3.05, 3.63) is 44.6 Å². The molecule has 0 aliphatic heterocycles. The number of amides is 1. The van der Waals surface area contributed by atoms with Crippen LogP contribution in [0.2, 0.25) is 9.36 Å². The van der Waals surface area contributed by atoms with Gasteiger partial charge in [0.1, 0.15) is 5.52 Å². The lowest BCUT2D eigenvalue weighted by Gasteiger charge is -2.21. The molecule has 8 heteroatoms. The highest BCUT2D eigenvalue weighted by Crippen LogP contribution is 2.33. The number of fused-ring (bicyclic) bond motifs is 1. The van der Waals surface area contributed by atoms with E-state index in [2.05, 4.69) is 4.98 Å². The first-order valence-corrected chi connectivity index (χ1v) is 10.1. The summed E-state index contributed by atoms with van der Waals surface area (Å²) < 4.78 is 1.67. The fraction of sp³-hybridized carbons (Fsp3) is 0.294. The molecule has 0 N–H and O–H groups in total. The first-order chi connectivity index (χ1) is 11.9. The van der Waals surface area contributed by atoms with E-state index in [0.29, 0.717) is 27.5 Å². The van der Waals surface area contributed by atoms with Crippen LogP contribution in [-0.4, -0.2) is 43.0 Å². The topological polar surface area (TPSA) is 36.4 Å². The number of anilines is 1. The van der Waals surface area contributed by atoms with Gasteiger partial charge in [0.2, 0.25) is 5.91 Å². The maximum atomic E-state index is 12.9. The highest BCUT2D eigenvalue weighted by atomic mass is 35.5. The number of nitrogens with zero attached hydrogens (tertiary/aromatic N) is 3. The summed E-state index contributed by atoms with van der Waals surface area (Å²) in [5.41, 5.74) is 0.742. The molecule has 0 aliphatic carbocycles. The number of para-hydroxylation sites is 1. The van der Waals surface area contributed by atoms with Crippen molar-refractivity contribution in [1.29, 1.82) is 0 Å². The third-order valence-electron chi connectivity index (χ3n) is 3.62. The zero-order chi connectivity index (χ0) is 18.0. The molecule has 0 radical (unpaired) electrons. The number of rotatable bonds is 6. The number of hydrogen-bond acceptors (Lipinski definition) is 5. The maximum Gasteiger partial charge on any atom is 0.234 e. The van der Waals surface area contributed by atoms with Gasteiger partial charge in [0.25, 0.3) is 0 Å². The maximum absolute atomic E-state index is 12.9. The predicted octanol–water partition coefficient (Wildman–Crippen LogP) is 4.80. The van der Waals surface area contributed by atoms with Crippen molar-refractivity contribution in [2.75, 3.05) is 32.1 Å². The molecule has 0 unspecified atom stereocenters. The lowest BCUT2D eigenvalue weighted by Crippen LogP contribution is -2.37. The second kappa shape index (κ2) is 8.01. The summed E-state index contributed by atoms with van der Waals surface area (Å²) in [4.78, 5) is 22.2. The van der Waals surface area contributed by atoms with Crippen molar-refractivity contribution >= 4 is 67.1 Å². The van der Waals surface area contributed by atoms with Gasteiger partial charge in [-0.3, -0.25) is 9.69 Å². The Hall–Kier alpha value is -1.18. The molecular formula is C17H17Cl2N3OS2. The van der Waals surface area contributed by atoms with Gasteiger partial charge in [0.05, 0.1) is 20.5 Å². The lowest BCUT2D eigenvalue weighted by atomic mass is 10.3. The van der Waals surface area contributed by atoms with E-state index >= 15 is 0 Å². The van der Waals surface area contributed by atoms with Gasteiger partial charge < -0.3 is 4.90 Å². The van der Waals surface area contributed by atoms with Crippen molar-refractivity contribution in [2.45, 2.75) is 6.42 Å². The van der Waals surface area contributed by atoms with Crippen molar-refractivity contribution in [3.8, 4) is 0 Å². The Morgan fingerprint density at radius 2 is 1.92 bits per heavy atom. The van der Waals surface area contributed by atoms with E-state index in [0.717, 1.165) is 21.6 Å². The molecule has 0 saturated carbocycles. The van der Waals surface area contributed by atoms with Gasteiger partial charge in [-0.15, -0.1) is 11.3 Å². The summed E-state index contributed by atoms with van der Waals surface area (Å²) in [6.45, 7) is 1.32. The van der Waals surface area contributed by atoms with Crippen LogP contribution in [0.5, 0.6) is 0 Å². The van der Waals surface area contributed by atoms with Gasteiger partial charge in [0, 0.05) is 18.0 Å². The lowest BCUT2D eigenvalue weighted by molar-refractivity contribution is -0.118. The van der Waals surface area contributed by atoms with Crippen LogP contribution in [0, 0.1) is 0 Å². The molecule has 132 valence electrons. The van der Waals surface area contributed by atoms with Crippen LogP contribution in [-0.2, 0) is 11.2 Å². The Morgan fingerprint density at radius 3 is 2.56 bits per heavy atom. The van der Waals surface area contributed by atoms with Crippen LogP contribution < -0.4 is 4.90 Å². The third-order valence-corrected chi connectivity index (χ3v) is 6.20. The molecule has 1 amide bonds. The third kappa shape index (κ3) is 4.51. The molecule has 0 fully saturated rings. The normalized spacial score (nSPS) is 11.4. The van der Waals surface area contributed by atoms with E-state index in [1.807, 2.05) is 49.3 Å². The monoisotopic (exact) mass is 413 g/mol. The molecule has 0 atom stereocenters. The zero-order valence-electron chi connectivity index (χ0n) is 13.8. The summed E-state index contributed by atoms with van der Waals surface area (Å²) in [6, 6.07) is 9.38. The van der Waals surface area contributed by atoms with Crippen LogP contribution in [0.15, 0.2) is 30.3 Å². The van der Waals surface area contributed by atoms with Crippen LogP contribution in [0.1, 0.15) is 4.88 Å². The molecule has 1 aromatic carbocycles. The smallest absolute Gasteiger partial charge is 0.234 e. The Bertz CT molecular complexity index is 891. The van der Waals surface area contributed by atoms with Crippen molar-refractivity contribution in [1.82, 2.24) is 9.88 Å². The van der Waals surface area contributed by atoms with Gasteiger partial charge >= 0.3 is 0 Å². The van der Waals surface area contributed by atoms with E-state index in [-0.39, 0.29) is 5.91 Å². The molecule has 3 aromatic rings. The number of aromatic nitrogens is 1. The number of halogens is 2. The van der Waals surface area contributed by atoms with Crippen molar-refractivity contribution in [3.63, 3.8) is 0 Å². The van der Waals surface area contributed by atoms with Gasteiger partial charge in [-0.05, 0) is 38.4 Å². The Labute approximate surface area is 164 Å². The molecule has 3 rings (SSSR count). The van der Waals surface area contributed by atoms with Crippen LogP contribution in [0.25, 0.3) is 10.2 Å². The highest BCUT2D eigenvalue weighted by Gasteiger charge is 2.21. The van der Waals surface area contributed by atoms with E-state index < -0.39 is 0 Å². The summed E-state index contributed by atoms with van der Waals surface area (Å²) in [6.07, 6.45) is 0.314. The van der Waals surface area contributed by atoms with Gasteiger partial charge in [-0.2, -0.15) is 0 Å². The van der Waals surface area contributed by atoms with Crippen molar-refractivity contribution < 1.29 is 4.79 Å². The van der Waals surface area contributed by atoms with E-state index in [4.69, 9.17) is 23.2 Å². The fourth-order valence-electron chi connectivity index (χ4n) is 2.34. The number of benzene rings is 1. The minimum atomic E-state index is 0.00976. The molecule has 4 nitrogen and oxygen atoms in total. The Morgan fingerprint density at radius 1 is 1.12 bits per heavy atom. The Kier molecular flexibility index (Phi) is 5.96. The quantitative estimate of drug-likeness (QED) is 0.581. The average molecular weight is 414 g/mol. The molecule has 0 aliphatic rings. The predicted molar refractivity (Wildman–Crippen MR) is 109 cm³/mol. The first kappa shape index (κ1) is 18.6. The van der Waals surface area contributed by atoms with Crippen molar-refractivity contribution in [2.24, 2.45) is 0 Å². The van der Waals surface area contributed by atoms with Gasteiger partial charge in [-0.25, -0.2) is 4.98 Å². The van der Waals surface area contributed by atoms with Gasteiger partial charge in [-0.1, -0.05) is 40.6 Å². The molecule has 25 heavy (non-hydrogen) atoms. The van der Waals surface area contributed by atoms with E-state index in [1.54, 1.807) is 4.90 Å². The highest BCUT2D eigenvalue weighted by molar-refractivity contribution is 7.22. The second-order valence-electron chi connectivity index (χ2n) is 5.81. The molecule has 0 spiro atoms. The number of thiophene rings is 1.